The molecule has 0 bridgehead atoms. The molecule has 0 amide bonds. The maximum Gasteiger partial charge on any atom is 0.129 e. The monoisotopic (exact) mass is 372 g/mol. The number of nitrogens with zero attached hydrogens (tertiary/aromatic N) is 2. The topological polar surface area (TPSA) is 24.8 Å². The van der Waals surface area contributed by atoms with E-state index in [4.69, 9.17) is 4.74 Å². The number of halogens is 1. The van der Waals surface area contributed by atoms with Gasteiger partial charge in [-0.15, -0.1) is 0 Å². The maximum absolute atomic E-state index is 5.57. The van der Waals surface area contributed by atoms with Gasteiger partial charge >= 0.3 is 0 Å². The highest BCUT2D eigenvalue weighted by molar-refractivity contribution is 9.10. The molecule has 4 heteroatoms. The van der Waals surface area contributed by atoms with Crippen LogP contribution in [-0.4, -0.2) is 26.4 Å². The molecule has 3 rings (SSSR count). The number of benzene rings is 2. The first-order valence-corrected chi connectivity index (χ1v) is 8.79. The SMILES string of the molecule is COc1cc(N2CCCCC2)ccc1C=Nc1ccccc1Br. The molecule has 120 valence electrons. The Morgan fingerprint density at radius 2 is 1.87 bits per heavy atom. The summed E-state index contributed by atoms with van der Waals surface area (Å²) in [5.41, 5.74) is 3.14. The normalized spacial score (nSPS) is 15.1. The lowest BCUT2D eigenvalue weighted by molar-refractivity contribution is 0.414. The molecule has 2 aromatic rings. The minimum Gasteiger partial charge on any atom is -0.496 e. The fourth-order valence-corrected chi connectivity index (χ4v) is 3.24. The summed E-state index contributed by atoms with van der Waals surface area (Å²) in [6.45, 7) is 2.26. The average Bonchev–Trinajstić information content (AvgIpc) is 2.61. The fraction of sp³-hybridized carbons (Fsp3) is 0.316. The van der Waals surface area contributed by atoms with Crippen molar-refractivity contribution in [2.45, 2.75) is 19.3 Å². The number of hydrogen-bond acceptors (Lipinski definition) is 3. The van der Waals surface area contributed by atoms with Crippen LogP contribution in [0.4, 0.5) is 11.4 Å². The number of rotatable bonds is 4. The van der Waals surface area contributed by atoms with Crippen molar-refractivity contribution in [1.29, 1.82) is 0 Å². The molecular formula is C19H21BrN2O. The molecule has 23 heavy (non-hydrogen) atoms. The second-order valence-corrected chi connectivity index (χ2v) is 6.54. The second kappa shape index (κ2) is 7.64. The van der Waals surface area contributed by atoms with Gasteiger partial charge in [-0.3, -0.25) is 4.99 Å². The lowest BCUT2D eigenvalue weighted by Gasteiger charge is -2.29. The summed E-state index contributed by atoms with van der Waals surface area (Å²) in [4.78, 5) is 6.99. The zero-order valence-corrected chi connectivity index (χ0v) is 14.9. The van der Waals surface area contributed by atoms with Crippen LogP contribution in [0.5, 0.6) is 5.75 Å². The maximum atomic E-state index is 5.57. The number of piperidine rings is 1. The van der Waals surface area contributed by atoms with Crippen LogP contribution >= 0.6 is 15.9 Å². The quantitative estimate of drug-likeness (QED) is 0.689. The zero-order chi connectivity index (χ0) is 16.1. The molecule has 1 fully saturated rings. The Kier molecular flexibility index (Phi) is 5.34. The minimum absolute atomic E-state index is 0.865. The van der Waals surface area contributed by atoms with Crippen LogP contribution in [-0.2, 0) is 0 Å². The van der Waals surface area contributed by atoms with Crippen molar-refractivity contribution < 1.29 is 4.74 Å². The number of ether oxygens (including phenoxy) is 1. The van der Waals surface area contributed by atoms with E-state index in [1.54, 1.807) is 7.11 Å². The summed E-state index contributed by atoms with van der Waals surface area (Å²) in [5, 5.41) is 0. The van der Waals surface area contributed by atoms with Crippen LogP contribution in [0.3, 0.4) is 0 Å². The van der Waals surface area contributed by atoms with Crippen LogP contribution in [0, 0.1) is 0 Å². The first-order valence-electron chi connectivity index (χ1n) is 7.99. The summed E-state index contributed by atoms with van der Waals surface area (Å²) in [6.07, 6.45) is 5.74. The van der Waals surface area contributed by atoms with Crippen molar-refractivity contribution in [3.05, 3.63) is 52.5 Å². The van der Waals surface area contributed by atoms with Gasteiger partial charge in [-0.1, -0.05) is 12.1 Å². The Morgan fingerprint density at radius 3 is 2.61 bits per heavy atom. The van der Waals surface area contributed by atoms with Crippen LogP contribution in [0.1, 0.15) is 24.8 Å². The molecule has 0 unspecified atom stereocenters. The van der Waals surface area contributed by atoms with Gasteiger partial charge in [0.2, 0.25) is 0 Å². The molecular weight excluding hydrogens is 352 g/mol. The van der Waals surface area contributed by atoms with E-state index < -0.39 is 0 Å². The molecule has 0 radical (unpaired) electrons. The van der Waals surface area contributed by atoms with Crippen LogP contribution in [0.15, 0.2) is 51.9 Å². The highest BCUT2D eigenvalue weighted by Crippen LogP contribution is 2.28. The van der Waals surface area contributed by atoms with Crippen molar-refractivity contribution in [3.8, 4) is 5.75 Å². The molecule has 1 aliphatic heterocycles. The summed E-state index contributed by atoms with van der Waals surface area (Å²) in [6, 6.07) is 14.3. The zero-order valence-electron chi connectivity index (χ0n) is 13.3. The first-order chi connectivity index (χ1) is 11.3. The van der Waals surface area contributed by atoms with Crippen molar-refractivity contribution in [2.24, 2.45) is 4.99 Å². The highest BCUT2D eigenvalue weighted by atomic mass is 79.9. The molecule has 1 aliphatic rings. The lowest BCUT2D eigenvalue weighted by Crippen LogP contribution is -2.29. The Bertz CT molecular complexity index is 694. The predicted molar refractivity (Wildman–Crippen MR) is 100 cm³/mol. The molecule has 1 saturated heterocycles. The summed E-state index contributed by atoms with van der Waals surface area (Å²) >= 11 is 3.52. The van der Waals surface area contributed by atoms with E-state index in [1.165, 1.54) is 24.9 Å². The van der Waals surface area contributed by atoms with Gasteiger partial charge in [-0.25, -0.2) is 0 Å². The molecule has 0 spiro atoms. The van der Waals surface area contributed by atoms with Crippen LogP contribution < -0.4 is 9.64 Å². The standard InChI is InChI=1S/C19H21BrN2O/c1-23-19-13-16(22-11-5-2-6-12-22)10-9-15(19)14-21-18-8-4-3-7-17(18)20/h3-4,7-10,13-14H,2,5-6,11-12H2,1H3. The molecule has 3 nitrogen and oxygen atoms in total. The minimum atomic E-state index is 0.865. The Labute approximate surface area is 146 Å². The molecule has 2 aromatic carbocycles. The first kappa shape index (κ1) is 16.1. The Morgan fingerprint density at radius 1 is 1.09 bits per heavy atom. The third kappa shape index (κ3) is 3.94. The van der Waals surface area contributed by atoms with E-state index in [0.717, 1.165) is 34.6 Å². The molecule has 1 heterocycles. The molecule has 0 aliphatic carbocycles. The van der Waals surface area contributed by atoms with Gasteiger partial charge in [0, 0.05) is 41.1 Å². The van der Waals surface area contributed by atoms with E-state index in [1.807, 2.05) is 30.5 Å². The van der Waals surface area contributed by atoms with Gasteiger partial charge in [0.25, 0.3) is 0 Å². The largest absolute Gasteiger partial charge is 0.496 e. The molecule has 0 saturated carbocycles. The summed E-state index contributed by atoms with van der Waals surface area (Å²) in [7, 11) is 1.71. The van der Waals surface area contributed by atoms with Gasteiger partial charge in [0.05, 0.1) is 12.8 Å². The number of aliphatic imine (C=N–C) groups is 1. The number of para-hydroxylation sites is 1. The Hall–Kier alpha value is -1.81. The van der Waals surface area contributed by atoms with Gasteiger partial charge in [0.15, 0.2) is 0 Å². The van der Waals surface area contributed by atoms with Crippen LogP contribution in [0.2, 0.25) is 0 Å². The van der Waals surface area contributed by atoms with E-state index >= 15 is 0 Å². The smallest absolute Gasteiger partial charge is 0.129 e. The van der Waals surface area contributed by atoms with E-state index in [-0.39, 0.29) is 0 Å². The van der Waals surface area contributed by atoms with Crippen molar-refractivity contribution in [1.82, 2.24) is 0 Å². The predicted octanol–water partition coefficient (Wildman–Crippen LogP) is 5.20. The van der Waals surface area contributed by atoms with E-state index in [9.17, 15) is 0 Å². The van der Waals surface area contributed by atoms with Gasteiger partial charge < -0.3 is 9.64 Å². The van der Waals surface area contributed by atoms with Gasteiger partial charge in [-0.2, -0.15) is 0 Å². The van der Waals surface area contributed by atoms with E-state index in [2.05, 4.69) is 44.0 Å². The summed E-state index contributed by atoms with van der Waals surface area (Å²) < 4.78 is 6.55. The number of methoxy groups -OCH3 is 1. The summed E-state index contributed by atoms with van der Waals surface area (Å²) in [5.74, 6) is 0.865. The molecule has 0 atom stereocenters. The molecule has 0 N–H and O–H groups in total. The van der Waals surface area contributed by atoms with Crippen molar-refractivity contribution >= 4 is 33.5 Å². The second-order valence-electron chi connectivity index (χ2n) is 5.68. The third-order valence-corrected chi connectivity index (χ3v) is 4.80. The van der Waals surface area contributed by atoms with Crippen molar-refractivity contribution in [2.75, 3.05) is 25.1 Å². The fourth-order valence-electron chi connectivity index (χ4n) is 2.85. The third-order valence-electron chi connectivity index (χ3n) is 4.13. The average molecular weight is 373 g/mol. The number of anilines is 1. The van der Waals surface area contributed by atoms with Gasteiger partial charge in [0.1, 0.15) is 5.75 Å². The lowest BCUT2D eigenvalue weighted by atomic mass is 10.1. The van der Waals surface area contributed by atoms with Crippen molar-refractivity contribution in [3.63, 3.8) is 0 Å². The van der Waals surface area contributed by atoms with Crippen LogP contribution in [0.25, 0.3) is 0 Å². The van der Waals surface area contributed by atoms with Gasteiger partial charge in [-0.05, 0) is 59.5 Å². The molecule has 0 aromatic heterocycles. The number of hydrogen-bond donors (Lipinski definition) is 0. The van der Waals surface area contributed by atoms with E-state index in [0.29, 0.717) is 0 Å². The highest BCUT2D eigenvalue weighted by Gasteiger charge is 2.12. The Balaban J connectivity index is 1.83.